The summed E-state index contributed by atoms with van der Waals surface area (Å²) >= 11 is 0. The lowest BCUT2D eigenvalue weighted by molar-refractivity contribution is -0.147. The molecule has 0 aliphatic carbocycles. The second-order valence-electron chi connectivity index (χ2n) is 7.94. The summed E-state index contributed by atoms with van der Waals surface area (Å²) in [6, 6.07) is 5.77. The predicted molar refractivity (Wildman–Crippen MR) is 106 cm³/mol. The van der Waals surface area contributed by atoms with Crippen LogP contribution in [0.1, 0.15) is 68.7 Å². The van der Waals surface area contributed by atoms with Gasteiger partial charge in [-0.15, -0.1) is 0 Å². The van der Waals surface area contributed by atoms with E-state index in [1.165, 1.54) is 4.90 Å². The van der Waals surface area contributed by atoms with Gasteiger partial charge in [-0.1, -0.05) is 33.3 Å². The van der Waals surface area contributed by atoms with Crippen LogP contribution in [0.15, 0.2) is 12.1 Å². The number of fused-ring (bicyclic) bond motifs is 1. The predicted octanol–water partition coefficient (Wildman–Crippen LogP) is 4.38. The fraction of sp³-hybridized carbons (Fsp3) is 0.591. The molecule has 0 saturated heterocycles. The van der Waals surface area contributed by atoms with Crippen LogP contribution in [-0.4, -0.2) is 35.2 Å². The van der Waals surface area contributed by atoms with Gasteiger partial charge in [0.05, 0.1) is 30.2 Å². The summed E-state index contributed by atoms with van der Waals surface area (Å²) in [6.45, 7) is 8.61. The van der Waals surface area contributed by atoms with Crippen LogP contribution in [0.4, 0.5) is 4.79 Å². The Labute approximate surface area is 167 Å². The number of amides is 1. The van der Waals surface area contributed by atoms with E-state index < -0.39 is 11.6 Å². The number of esters is 1. The summed E-state index contributed by atoms with van der Waals surface area (Å²) in [6.07, 6.45) is 1.71. The molecule has 1 aromatic rings. The fourth-order valence-electron chi connectivity index (χ4n) is 4.28. The number of nitrogens with zero attached hydrogens (tertiary/aromatic N) is 2. The van der Waals surface area contributed by atoms with Gasteiger partial charge in [0, 0.05) is 6.54 Å². The Morgan fingerprint density at radius 1 is 1.39 bits per heavy atom. The van der Waals surface area contributed by atoms with Crippen molar-refractivity contribution < 1.29 is 19.4 Å². The molecule has 0 aromatic heterocycles. The van der Waals surface area contributed by atoms with Crippen LogP contribution >= 0.6 is 0 Å². The lowest BCUT2D eigenvalue weighted by Crippen LogP contribution is -2.55. The molecule has 6 nitrogen and oxygen atoms in total. The van der Waals surface area contributed by atoms with E-state index in [4.69, 9.17) is 4.74 Å². The van der Waals surface area contributed by atoms with E-state index in [1.54, 1.807) is 6.07 Å². The highest BCUT2D eigenvalue weighted by Gasteiger charge is 2.48. The molecule has 1 aliphatic heterocycles. The number of carbonyl (C=O) groups is 2. The van der Waals surface area contributed by atoms with Gasteiger partial charge in [-0.05, 0) is 54.9 Å². The fourth-order valence-corrected chi connectivity index (χ4v) is 4.28. The molecule has 152 valence electrons. The zero-order chi connectivity index (χ0) is 20.9. The maximum Gasteiger partial charge on any atom is 0.408 e. The van der Waals surface area contributed by atoms with Crippen molar-refractivity contribution in [1.82, 2.24) is 4.90 Å². The lowest BCUT2D eigenvalue weighted by Gasteiger charge is -2.48. The number of carboxylic acid groups (broad SMARTS) is 1. The summed E-state index contributed by atoms with van der Waals surface area (Å²) in [5.41, 5.74) is 2.30. The summed E-state index contributed by atoms with van der Waals surface area (Å²) in [4.78, 5) is 26.2. The van der Waals surface area contributed by atoms with Gasteiger partial charge in [0.2, 0.25) is 0 Å². The van der Waals surface area contributed by atoms with E-state index in [2.05, 4.69) is 6.07 Å². The van der Waals surface area contributed by atoms with Crippen molar-refractivity contribution in [3.8, 4) is 6.07 Å². The largest absolute Gasteiger partial charge is 0.466 e. The zero-order valence-electron chi connectivity index (χ0n) is 17.2. The summed E-state index contributed by atoms with van der Waals surface area (Å²) in [5, 5.41) is 19.3. The Morgan fingerprint density at radius 2 is 2.11 bits per heavy atom. The van der Waals surface area contributed by atoms with E-state index in [-0.39, 0.29) is 18.3 Å². The molecule has 0 spiro atoms. The minimum atomic E-state index is -1.03. The average Bonchev–Trinajstić information content (AvgIpc) is 2.62. The van der Waals surface area contributed by atoms with Gasteiger partial charge in [-0.3, -0.25) is 9.69 Å². The molecule has 0 bridgehead atoms. The van der Waals surface area contributed by atoms with Gasteiger partial charge in [-0.2, -0.15) is 5.26 Å². The first kappa shape index (κ1) is 21.7. The van der Waals surface area contributed by atoms with Crippen molar-refractivity contribution in [3.05, 3.63) is 34.4 Å². The monoisotopic (exact) mass is 386 g/mol. The normalized spacial score (nSPS) is 18.5. The van der Waals surface area contributed by atoms with E-state index in [1.807, 2.05) is 33.8 Å². The van der Waals surface area contributed by atoms with Crippen molar-refractivity contribution in [3.63, 3.8) is 0 Å². The molecule has 1 aromatic carbocycles. The molecule has 28 heavy (non-hydrogen) atoms. The van der Waals surface area contributed by atoms with Crippen LogP contribution in [0.3, 0.4) is 0 Å². The first-order chi connectivity index (χ1) is 13.3. The smallest absolute Gasteiger partial charge is 0.408 e. The Kier molecular flexibility index (Phi) is 7.06. The molecule has 0 saturated carbocycles. The number of carbonyl (C=O) groups excluding carboxylic acids is 1. The topological polar surface area (TPSA) is 90.6 Å². The Bertz CT molecular complexity index is 781. The molecule has 0 fully saturated rings. The minimum absolute atomic E-state index is 0.0144. The summed E-state index contributed by atoms with van der Waals surface area (Å²) < 4.78 is 5.40. The number of benzene rings is 1. The summed E-state index contributed by atoms with van der Waals surface area (Å²) in [5.74, 6) is -0.206. The van der Waals surface area contributed by atoms with Gasteiger partial charge in [0.15, 0.2) is 0 Å². The van der Waals surface area contributed by atoms with E-state index in [0.717, 1.165) is 29.5 Å². The van der Waals surface area contributed by atoms with Crippen LogP contribution < -0.4 is 0 Å². The first-order valence-electron chi connectivity index (χ1n) is 9.96. The van der Waals surface area contributed by atoms with Gasteiger partial charge < -0.3 is 9.84 Å². The van der Waals surface area contributed by atoms with Crippen LogP contribution in [0.2, 0.25) is 0 Å². The standard InChI is InChI=1S/C22H30N2O4/c1-5-6-11-28-20(25)13-22(12-15(2)3)19-8-7-17(14-23)16(4)18(19)9-10-24(22)21(26)27/h7-8,15H,5-6,9-13H2,1-4H3,(H,26,27). The number of rotatable bonds is 7. The highest BCUT2D eigenvalue weighted by atomic mass is 16.5. The van der Waals surface area contributed by atoms with E-state index in [0.29, 0.717) is 31.6 Å². The van der Waals surface area contributed by atoms with Gasteiger partial charge >= 0.3 is 12.1 Å². The molecule has 1 atom stereocenters. The van der Waals surface area contributed by atoms with Crippen molar-refractivity contribution in [2.45, 2.75) is 65.3 Å². The molecular weight excluding hydrogens is 356 g/mol. The SMILES string of the molecule is CCCCOC(=O)CC1(CC(C)C)c2ccc(C#N)c(C)c2CCN1C(=O)O. The number of hydrogen-bond donors (Lipinski definition) is 1. The lowest BCUT2D eigenvalue weighted by atomic mass is 9.72. The van der Waals surface area contributed by atoms with Gasteiger partial charge in [0.1, 0.15) is 0 Å². The average molecular weight is 386 g/mol. The zero-order valence-corrected chi connectivity index (χ0v) is 17.2. The van der Waals surface area contributed by atoms with Gasteiger partial charge in [0.25, 0.3) is 0 Å². The minimum Gasteiger partial charge on any atom is -0.466 e. The van der Waals surface area contributed by atoms with Crippen LogP contribution in [-0.2, 0) is 21.5 Å². The maximum absolute atomic E-state index is 12.7. The van der Waals surface area contributed by atoms with E-state index in [9.17, 15) is 20.0 Å². The molecule has 1 N–H and O–H groups in total. The third-order valence-electron chi connectivity index (χ3n) is 5.50. The highest BCUT2D eigenvalue weighted by molar-refractivity contribution is 5.75. The molecule has 0 radical (unpaired) electrons. The van der Waals surface area contributed by atoms with Crippen molar-refractivity contribution >= 4 is 12.1 Å². The number of nitriles is 1. The molecule has 1 heterocycles. The molecule has 2 rings (SSSR count). The molecule has 1 amide bonds. The maximum atomic E-state index is 12.7. The second-order valence-corrected chi connectivity index (χ2v) is 7.94. The molecule has 1 aliphatic rings. The third-order valence-corrected chi connectivity index (χ3v) is 5.50. The third kappa shape index (κ3) is 4.30. The number of ether oxygens (including phenoxy) is 1. The molecule has 6 heteroatoms. The van der Waals surface area contributed by atoms with Gasteiger partial charge in [-0.25, -0.2) is 4.79 Å². The first-order valence-corrected chi connectivity index (χ1v) is 9.96. The Balaban J connectivity index is 2.58. The Hall–Kier alpha value is -2.55. The van der Waals surface area contributed by atoms with Crippen LogP contribution in [0.5, 0.6) is 0 Å². The highest BCUT2D eigenvalue weighted by Crippen LogP contribution is 2.44. The van der Waals surface area contributed by atoms with E-state index >= 15 is 0 Å². The van der Waals surface area contributed by atoms with Crippen molar-refractivity contribution in [2.24, 2.45) is 5.92 Å². The Morgan fingerprint density at radius 3 is 2.68 bits per heavy atom. The van der Waals surface area contributed by atoms with Crippen molar-refractivity contribution in [1.29, 1.82) is 5.26 Å². The van der Waals surface area contributed by atoms with Crippen LogP contribution in [0.25, 0.3) is 0 Å². The quantitative estimate of drug-likeness (QED) is 0.555. The number of hydrogen-bond acceptors (Lipinski definition) is 4. The van der Waals surface area contributed by atoms with Crippen molar-refractivity contribution in [2.75, 3.05) is 13.2 Å². The number of unbranched alkanes of at least 4 members (excludes halogenated alkanes) is 1. The van der Waals surface area contributed by atoms with Crippen LogP contribution in [0, 0.1) is 24.2 Å². The molecule has 1 unspecified atom stereocenters. The summed E-state index contributed by atoms with van der Waals surface area (Å²) in [7, 11) is 0. The molecular formula is C22H30N2O4. The second kappa shape index (κ2) is 9.09.